The van der Waals surface area contributed by atoms with E-state index < -0.39 is 0 Å². The van der Waals surface area contributed by atoms with Crippen LogP contribution in [0.2, 0.25) is 0 Å². The molecule has 1 heterocycles. The predicted molar refractivity (Wildman–Crippen MR) is 135 cm³/mol. The van der Waals surface area contributed by atoms with Crippen molar-refractivity contribution in [2.75, 3.05) is 11.9 Å². The van der Waals surface area contributed by atoms with Crippen LogP contribution in [0.5, 0.6) is 0 Å². The highest BCUT2D eigenvalue weighted by Crippen LogP contribution is 2.25. The third-order valence-corrected chi connectivity index (χ3v) is 6.25. The third kappa shape index (κ3) is 6.26. The molecule has 0 spiro atoms. The van der Waals surface area contributed by atoms with Crippen molar-refractivity contribution < 1.29 is 14.0 Å². The van der Waals surface area contributed by atoms with Gasteiger partial charge in [-0.05, 0) is 51.0 Å². The first kappa shape index (κ1) is 24.4. The number of amides is 3. The number of nitrogens with zero attached hydrogens (tertiary/aromatic N) is 3. The number of carbonyl (C=O) groups excluding carboxylic acids is 2. The molecule has 4 rings (SSSR count). The van der Waals surface area contributed by atoms with E-state index in [-0.39, 0.29) is 36.4 Å². The first-order valence-corrected chi connectivity index (χ1v) is 12.2. The van der Waals surface area contributed by atoms with Gasteiger partial charge in [-0.25, -0.2) is 13.9 Å². The van der Waals surface area contributed by atoms with Gasteiger partial charge in [0.25, 0.3) is 0 Å². The highest BCUT2D eigenvalue weighted by molar-refractivity contribution is 5.94. The first-order valence-electron chi connectivity index (χ1n) is 12.2. The van der Waals surface area contributed by atoms with Crippen LogP contribution in [0.4, 0.5) is 15.0 Å². The van der Waals surface area contributed by atoms with E-state index in [4.69, 9.17) is 0 Å². The Balaban J connectivity index is 1.53. The van der Waals surface area contributed by atoms with Gasteiger partial charge >= 0.3 is 6.03 Å². The van der Waals surface area contributed by atoms with Crippen molar-refractivity contribution in [2.24, 2.45) is 0 Å². The molecule has 0 radical (unpaired) electrons. The molecule has 1 fully saturated rings. The van der Waals surface area contributed by atoms with Crippen LogP contribution in [0.25, 0.3) is 16.9 Å². The molecule has 0 unspecified atom stereocenters. The van der Waals surface area contributed by atoms with Crippen LogP contribution in [0.3, 0.4) is 0 Å². The minimum Gasteiger partial charge on any atom is -0.335 e. The largest absolute Gasteiger partial charge is 0.335 e. The summed E-state index contributed by atoms with van der Waals surface area (Å²) in [6.07, 6.45) is 5.38. The van der Waals surface area contributed by atoms with Crippen molar-refractivity contribution in [2.45, 2.75) is 58.0 Å². The molecule has 184 valence electrons. The monoisotopic (exact) mass is 477 g/mol. The molecule has 0 aliphatic heterocycles. The van der Waals surface area contributed by atoms with Crippen LogP contribution in [0.1, 0.15) is 46.0 Å². The van der Waals surface area contributed by atoms with Crippen LogP contribution >= 0.6 is 0 Å². The normalized spacial score (nSPS) is 14.1. The summed E-state index contributed by atoms with van der Waals surface area (Å²) in [5.41, 5.74) is 2.17. The van der Waals surface area contributed by atoms with E-state index in [1.807, 2.05) is 44.2 Å². The number of carbonyl (C=O) groups is 2. The van der Waals surface area contributed by atoms with E-state index in [1.165, 1.54) is 18.6 Å². The molecule has 0 saturated heterocycles. The molecular weight excluding hydrogens is 445 g/mol. The summed E-state index contributed by atoms with van der Waals surface area (Å²) in [6, 6.07) is 17.1. The van der Waals surface area contributed by atoms with Crippen LogP contribution in [0, 0.1) is 5.82 Å². The Labute approximate surface area is 205 Å². The van der Waals surface area contributed by atoms with Gasteiger partial charge in [0.2, 0.25) is 5.91 Å². The summed E-state index contributed by atoms with van der Waals surface area (Å²) in [7, 11) is 0. The van der Waals surface area contributed by atoms with Crippen molar-refractivity contribution >= 4 is 17.8 Å². The number of nitrogens with one attached hydrogen (secondary N) is 2. The van der Waals surface area contributed by atoms with Crippen LogP contribution < -0.4 is 10.6 Å². The lowest BCUT2D eigenvalue weighted by molar-refractivity contribution is -0.117. The zero-order chi connectivity index (χ0) is 24.8. The molecule has 8 heteroatoms. The second kappa shape index (κ2) is 11.2. The molecule has 3 aromatic rings. The summed E-state index contributed by atoms with van der Waals surface area (Å²) in [5, 5.41) is 10.6. The Morgan fingerprint density at radius 3 is 2.40 bits per heavy atom. The van der Waals surface area contributed by atoms with Gasteiger partial charge in [-0.15, -0.1) is 0 Å². The Bertz CT molecular complexity index is 1140. The Hall–Kier alpha value is -3.68. The van der Waals surface area contributed by atoms with Crippen LogP contribution in [-0.2, 0) is 4.79 Å². The highest BCUT2D eigenvalue weighted by atomic mass is 19.1. The van der Waals surface area contributed by atoms with Crippen LogP contribution in [0.15, 0.2) is 60.7 Å². The minimum absolute atomic E-state index is 0.0918. The second-order valence-corrected chi connectivity index (χ2v) is 9.22. The van der Waals surface area contributed by atoms with E-state index in [2.05, 4.69) is 15.7 Å². The quantitative estimate of drug-likeness (QED) is 0.480. The van der Waals surface area contributed by atoms with Crippen molar-refractivity contribution in [1.29, 1.82) is 0 Å². The fourth-order valence-corrected chi connectivity index (χ4v) is 4.33. The molecule has 1 aromatic heterocycles. The summed E-state index contributed by atoms with van der Waals surface area (Å²) in [6.45, 7) is 3.69. The molecule has 7 nitrogen and oxygen atoms in total. The van der Waals surface area contributed by atoms with Gasteiger partial charge in [-0.3, -0.25) is 4.79 Å². The molecule has 0 atom stereocenters. The summed E-state index contributed by atoms with van der Waals surface area (Å²) in [5.74, 6) is -0.247. The lowest BCUT2D eigenvalue weighted by Gasteiger charge is -2.30. The molecule has 2 N–H and O–H groups in total. The molecule has 1 aliphatic carbocycles. The average Bonchev–Trinajstić information content (AvgIpc) is 3.27. The van der Waals surface area contributed by atoms with Gasteiger partial charge in [-0.1, -0.05) is 49.6 Å². The number of hydrogen-bond acceptors (Lipinski definition) is 3. The number of hydrogen-bond donors (Lipinski definition) is 2. The number of aromatic nitrogens is 2. The summed E-state index contributed by atoms with van der Waals surface area (Å²) < 4.78 is 15.1. The SMILES string of the molecule is CC(C)N(CC(=O)Nc1cc(-c2ccccc2)nn1-c1ccc(F)cc1)C(=O)NC1CCCCC1. The fraction of sp³-hybridized carbons (Fsp3) is 0.370. The van der Waals surface area contributed by atoms with E-state index in [1.54, 1.807) is 27.8 Å². The number of benzene rings is 2. The Morgan fingerprint density at radius 2 is 1.74 bits per heavy atom. The van der Waals surface area contributed by atoms with Gasteiger partial charge in [-0.2, -0.15) is 5.10 Å². The second-order valence-electron chi connectivity index (χ2n) is 9.22. The van der Waals surface area contributed by atoms with E-state index in [9.17, 15) is 14.0 Å². The average molecular weight is 478 g/mol. The third-order valence-electron chi connectivity index (χ3n) is 6.25. The minimum atomic E-state index is -0.355. The Kier molecular flexibility index (Phi) is 7.80. The maximum absolute atomic E-state index is 13.5. The maximum Gasteiger partial charge on any atom is 0.318 e. The van der Waals surface area contributed by atoms with E-state index in [0.29, 0.717) is 17.2 Å². The smallest absolute Gasteiger partial charge is 0.318 e. The molecule has 3 amide bonds. The maximum atomic E-state index is 13.5. The van der Waals surface area contributed by atoms with E-state index >= 15 is 0 Å². The first-order chi connectivity index (χ1) is 16.9. The van der Waals surface area contributed by atoms with Crippen molar-refractivity contribution in [1.82, 2.24) is 20.0 Å². The Morgan fingerprint density at radius 1 is 1.06 bits per heavy atom. The molecule has 2 aromatic carbocycles. The molecule has 0 bridgehead atoms. The van der Waals surface area contributed by atoms with Gasteiger partial charge in [0, 0.05) is 23.7 Å². The number of urea groups is 1. The zero-order valence-corrected chi connectivity index (χ0v) is 20.2. The predicted octanol–water partition coefficient (Wildman–Crippen LogP) is 5.37. The topological polar surface area (TPSA) is 79.3 Å². The molecule has 1 aliphatic rings. The standard InChI is InChI=1S/C27H32FN5O2/c1-19(2)32(27(35)29-22-11-7-4-8-12-22)18-26(34)30-25-17-24(20-9-5-3-6-10-20)31-33(25)23-15-13-21(28)14-16-23/h3,5-6,9-10,13-17,19,22H,4,7-8,11-12,18H2,1-2H3,(H,29,35)(H,30,34). The van der Waals surface area contributed by atoms with Crippen molar-refractivity contribution in [3.8, 4) is 16.9 Å². The lowest BCUT2D eigenvalue weighted by Crippen LogP contribution is -2.50. The molecule has 35 heavy (non-hydrogen) atoms. The van der Waals surface area contributed by atoms with Crippen LogP contribution in [-0.4, -0.2) is 45.2 Å². The van der Waals surface area contributed by atoms with Gasteiger partial charge in [0.1, 0.15) is 18.2 Å². The number of halogens is 1. The number of rotatable bonds is 7. The van der Waals surface area contributed by atoms with Gasteiger partial charge in [0.15, 0.2) is 0 Å². The highest BCUT2D eigenvalue weighted by Gasteiger charge is 2.24. The fourth-order valence-electron chi connectivity index (χ4n) is 4.33. The molecular formula is C27H32FN5O2. The van der Waals surface area contributed by atoms with Crippen molar-refractivity contribution in [3.63, 3.8) is 0 Å². The van der Waals surface area contributed by atoms with Crippen molar-refractivity contribution in [3.05, 3.63) is 66.5 Å². The zero-order valence-electron chi connectivity index (χ0n) is 20.2. The molecule has 1 saturated carbocycles. The lowest BCUT2D eigenvalue weighted by atomic mass is 9.96. The number of anilines is 1. The van der Waals surface area contributed by atoms with Gasteiger partial charge in [0.05, 0.1) is 11.4 Å². The van der Waals surface area contributed by atoms with E-state index in [0.717, 1.165) is 31.2 Å². The van der Waals surface area contributed by atoms with Gasteiger partial charge < -0.3 is 15.5 Å². The summed E-state index contributed by atoms with van der Waals surface area (Å²) >= 11 is 0. The summed E-state index contributed by atoms with van der Waals surface area (Å²) in [4.78, 5) is 27.5.